The summed E-state index contributed by atoms with van der Waals surface area (Å²) in [7, 11) is 0. The van der Waals surface area contributed by atoms with E-state index in [1.807, 2.05) is 0 Å². The molecule has 0 heterocycles. The summed E-state index contributed by atoms with van der Waals surface area (Å²) in [6.07, 6.45) is 2.06. The van der Waals surface area contributed by atoms with Crippen LogP contribution in [0.4, 0.5) is 4.79 Å². The summed E-state index contributed by atoms with van der Waals surface area (Å²) in [5, 5.41) is 17.7. The molecule has 31 heavy (non-hydrogen) atoms. The number of benzene rings is 1. The zero-order valence-electron chi connectivity index (χ0n) is 18.1. The molecule has 2 saturated carbocycles. The highest BCUT2D eigenvalue weighted by atomic mass is 35.5. The van der Waals surface area contributed by atoms with Gasteiger partial charge in [0.1, 0.15) is 6.04 Å². The van der Waals surface area contributed by atoms with Crippen molar-refractivity contribution >= 4 is 41.1 Å². The minimum atomic E-state index is -1.34. The van der Waals surface area contributed by atoms with Crippen molar-refractivity contribution in [2.24, 2.45) is 22.7 Å². The Bertz CT molecular complexity index is 886. The van der Waals surface area contributed by atoms with E-state index >= 15 is 0 Å². The zero-order chi connectivity index (χ0) is 23.1. The van der Waals surface area contributed by atoms with E-state index in [1.165, 1.54) is 12.1 Å². The third-order valence-corrected chi connectivity index (χ3v) is 8.51. The molecule has 9 heteroatoms. The highest BCUT2D eigenvalue weighted by Crippen LogP contribution is 2.67. The number of carboxylic acids is 1. The number of carbonyl (C=O) groups is 3. The third kappa shape index (κ3) is 4.10. The van der Waals surface area contributed by atoms with E-state index < -0.39 is 23.9 Å². The molecule has 0 aliphatic heterocycles. The van der Waals surface area contributed by atoms with E-state index in [2.05, 4.69) is 43.6 Å². The average molecular weight is 470 g/mol. The van der Waals surface area contributed by atoms with Gasteiger partial charge in [-0.05, 0) is 47.6 Å². The van der Waals surface area contributed by atoms with Gasteiger partial charge in [-0.1, -0.05) is 57.0 Å². The summed E-state index contributed by atoms with van der Waals surface area (Å²) < 4.78 is 0. The fourth-order valence-electron chi connectivity index (χ4n) is 5.51. The molecule has 2 aliphatic rings. The summed E-state index contributed by atoms with van der Waals surface area (Å²) in [4.78, 5) is 36.7. The molecular weight excluding hydrogens is 441 g/mol. The Balaban J connectivity index is 1.60. The van der Waals surface area contributed by atoms with Gasteiger partial charge < -0.3 is 21.1 Å². The highest BCUT2D eigenvalue weighted by molar-refractivity contribution is 6.39. The molecule has 3 rings (SSSR count). The molecule has 4 N–H and O–H groups in total. The van der Waals surface area contributed by atoms with Gasteiger partial charge in [0.25, 0.3) is 5.91 Å². The van der Waals surface area contributed by atoms with Crippen LogP contribution in [0.1, 0.15) is 50.9 Å². The topological polar surface area (TPSA) is 108 Å². The standard InChI is InChI=1S/C22H29Cl2N3O4/c1-11-8-12-9-16(22(11,4)21(12,2)3)27-20(31)25-10-15(19(29)30)26-18(28)17-13(23)6-5-7-14(17)24/h5-7,11-12,15-16H,8-10H2,1-4H3,(H,26,28)(H,29,30)(H2,25,27,31)/t11?,12?,15-,16?,22?/m0/s1. The van der Waals surface area contributed by atoms with Gasteiger partial charge in [-0.25, -0.2) is 9.59 Å². The number of hydrogen-bond donors (Lipinski definition) is 4. The van der Waals surface area contributed by atoms with Gasteiger partial charge in [-0.15, -0.1) is 0 Å². The van der Waals surface area contributed by atoms with Crippen LogP contribution in [0.25, 0.3) is 0 Å². The molecule has 1 aromatic carbocycles. The van der Waals surface area contributed by atoms with E-state index in [-0.39, 0.29) is 39.0 Å². The van der Waals surface area contributed by atoms with Gasteiger partial charge in [0.2, 0.25) is 0 Å². The van der Waals surface area contributed by atoms with E-state index in [0.717, 1.165) is 12.8 Å². The molecule has 5 atom stereocenters. The van der Waals surface area contributed by atoms with Crippen LogP contribution in [-0.4, -0.2) is 41.6 Å². The van der Waals surface area contributed by atoms with Gasteiger partial charge in [0.15, 0.2) is 0 Å². The van der Waals surface area contributed by atoms with Gasteiger partial charge in [0, 0.05) is 6.04 Å². The Morgan fingerprint density at radius 2 is 1.77 bits per heavy atom. The lowest BCUT2D eigenvalue weighted by Gasteiger charge is -2.43. The first-order chi connectivity index (χ1) is 14.4. The predicted molar refractivity (Wildman–Crippen MR) is 119 cm³/mol. The maximum absolute atomic E-state index is 12.6. The summed E-state index contributed by atoms with van der Waals surface area (Å²) in [6, 6.07) is 2.79. The molecule has 2 fully saturated rings. The average Bonchev–Trinajstić information content (AvgIpc) is 2.95. The molecule has 4 unspecified atom stereocenters. The Morgan fingerprint density at radius 3 is 2.29 bits per heavy atom. The molecule has 0 saturated heterocycles. The molecule has 1 aromatic rings. The number of fused-ring (bicyclic) bond motifs is 2. The van der Waals surface area contributed by atoms with E-state index in [9.17, 15) is 19.5 Å². The Morgan fingerprint density at radius 1 is 1.16 bits per heavy atom. The van der Waals surface area contributed by atoms with Crippen LogP contribution in [-0.2, 0) is 4.79 Å². The largest absolute Gasteiger partial charge is 0.480 e. The Kier molecular flexibility index (Phi) is 6.50. The van der Waals surface area contributed by atoms with Crippen molar-refractivity contribution in [2.45, 2.75) is 52.6 Å². The monoisotopic (exact) mass is 469 g/mol. The Labute approximate surface area is 192 Å². The fourth-order valence-corrected chi connectivity index (χ4v) is 6.08. The normalized spacial score (nSPS) is 29.3. The molecule has 0 spiro atoms. The molecule has 7 nitrogen and oxygen atoms in total. The molecule has 0 radical (unpaired) electrons. The first-order valence-electron chi connectivity index (χ1n) is 10.4. The van der Waals surface area contributed by atoms with Crippen molar-refractivity contribution in [1.29, 1.82) is 0 Å². The number of aliphatic carboxylic acids is 1. The van der Waals surface area contributed by atoms with Crippen molar-refractivity contribution in [2.75, 3.05) is 6.54 Å². The number of rotatable bonds is 6. The van der Waals surface area contributed by atoms with Gasteiger partial charge in [-0.3, -0.25) is 4.79 Å². The van der Waals surface area contributed by atoms with Gasteiger partial charge >= 0.3 is 12.0 Å². The number of amides is 3. The summed E-state index contributed by atoms with van der Waals surface area (Å²) in [6.45, 7) is 8.69. The van der Waals surface area contributed by atoms with E-state index in [1.54, 1.807) is 6.07 Å². The number of carbonyl (C=O) groups excluding carboxylic acids is 2. The third-order valence-electron chi connectivity index (χ3n) is 7.88. The van der Waals surface area contributed by atoms with Crippen LogP contribution in [0.2, 0.25) is 10.0 Å². The van der Waals surface area contributed by atoms with Crippen molar-refractivity contribution in [3.8, 4) is 0 Å². The quantitative estimate of drug-likeness (QED) is 0.505. The second-order valence-electron chi connectivity index (χ2n) is 9.44. The maximum Gasteiger partial charge on any atom is 0.328 e. The van der Waals surface area contributed by atoms with Crippen LogP contribution < -0.4 is 16.0 Å². The fraction of sp³-hybridized carbons (Fsp3) is 0.591. The first kappa shape index (κ1) is 23.7. The number of nitrogens with one attached hydrogen (secondary N) is 3. The second kappa shape index (κ2) is 8.51. The minimum absolute atomic E-state index is 0.00680. The molecular formula is C22H29Cl2N3O4. The number of carboxylic acid groups (broad SMARTS) is 1. The van der Waals surface area contributed by atoms with E-state index in [4.69, 9.17) is 23.2 Å². The molecule has 2 aliphatic carbocycles. The highest BCUT2D eigenvalue weighted by Gasteiger charge is 2.64. The van der Waals surface area contributed by atoms with Crippen LogP contribution >= 0.6 is 23.2 Å². The smallest absolute Gasteiger partial charge is 0.328 e. The van der Waals surface area contributed by atoms with Crippen LogP contribution in [0.15, 0.2) is 18.2 Å². The maximum atomic E-state index is 12.6. The van der Waals surface area contributed by atoms with Gasteiger partial charge in [-0.2, -0.15) is 0 Å². The number of urea groups is 1. The summed E-state index contributed by atoms with van der Waals surface area (Å²) >= 11 is 12.0. The lowest BCUT2D eigenvalue weighted by Crippen LogP contribution is -2.55. The molecule has 0 aromatic heterocycles. The minimum Gasteiger partial charge on any atom is -0.480 e. The molecule has 2 bridgehead atoms. The first-order valence-corrected chi connectivity index (χ1v) is 11.2. The lowest BCUT2D eigenvalue weighted by atomic mass is 9.65. The zero-order valence-corrected chi connectivity index (χ0v) is 19.6. The van der Waals surface area contributed by atoms with Crippen LogP contribution in [0, 0.1) is 22.7 Å². The summed E-state index contributed by atoms with van der Waals surface area (Å²) in [5.41, 5.74) is 0.0829. The lowest BCUT2D eigenvalue weighted by molar-refractivity contribution is -0.139. The van der Waals surface area contributed by atoms with Crippen molar-refractivity contribution in [3.05, 3.63) is 33.8 Å². The summed E-state index contributed by atoms with van der Waals surface area (Å²) in [5.74, 6) is -0.970. The van der Waals surface area contributed by atoms with Crippen molar-refractivity contribution in [3.63, 3.8) is 0 Å². The molecule has 170 valence electrons. The molecule has 3 amide bonds. The van der Waals surface area contributed by atoms with Crippen molar-refractivity contribution < 1.29 is 19.5 Å². The second-order valence-corrected chi connectivity index (χ2v) is 10.3. The number of halogens is 2. The van der Waals surface area contributed by atoms with E-state index in [0.29, 0.717) is 11.8 Å². The SMILES string of the molecule is CC1CC2CC(NC(=O)NC[C@H](NC(=O)c3c(Cl)cccc3Cl)C(=O)O)C1(C)C2(C)C. The Hall–Kier alpha value is -1.99. The van der Waals surface area contributed by atoms with Crippen LogP contribution in [0.3, 0.4) is 0 Å². The predicted octanol–water partition coefficient (Wildman–Crippen LogP) is 3.94. The number of hydrogen-bond acceptors (Lipinski definition) is 3. The van der Waals surface area contributed by atoms with Crippen molar-refractivity contribution in [1.82, 2.24) is 16.0 Å². The van der Waals surface area contributed by atoms with Gasteiger partial charge in [0.05, 0.1) is 22.2 Å². The van der Waals surface area contributed by atoms with Crippen LogP contribution in [0.5, 0.6) is 0 Å².